The van der Waals surface area contributed by atoms with Crippen molar-refractivity contribution in [1.82, 2.24) is 15.1 Å². The van der Waals surface area contributed by atoms with Crippen molar-refractivity contribution in [3.8, 4) is 0 Å². The van der Waals surface area contributed by atoms with Crippen molar-refractivity contribution in [2.24, 2.45) is 0 Å². The zero-order valence-electron chi connectivity index (χ0n) is 10.9. The number of nitrogens with zero attached hydrogens (tertiary/aromatic N) is 2. The lowest BCUT2D eigenvalue weighted by atomic mass is 10.2. The predicted octanol–water partition coefficient (Wildman–Crippen LogP) is -1.04. The largest absolute Gasteiger partial charge is 0.480 e. The summed E-state index contributed by atoms with van der Waals surface area (Å²) in [4.78, 5) is 48.4. The van der Waals surface area contributed by atoms with Gasteiger partial charge in [-0.1, -0.05) is 0 Å². The van der Waals surface area contributed by atoms with E-state index in [4.69, 9.17) is 5.11 Å². The minimum absolute atomic E-state index is 0.0819. The Labute approximate surface area is 119 Å². The van der Waals surface area contributed by atoms with Gasteiger partial charge in [0.15, 0.2) is 0 Å². The Balaban J connectivity index is 2.02. The third-order valence-electron chi connectivity index (χ3n) is 3.35. The Hall–Kier alpha value is -1.77. The summed E-state index contributed by atoms with van der Waals surface area (Å²) in [5.74, 6) is -0.932. The third kappa shape index (κ3) is 2.72. The Bertz CT molecular complexity index is 469. The van der Waals surface area contributed by atoms with Gasteiger partial charge < -0.3 is 15.3 Å². The fourth-order valence-electron chi connectivity index (χ4n) is 2.15. The smallest absolute Gasteiger partial charge is 0.327 e. The van der Waals surface area contributed by atoms with Crippen LogP contribution >= 0.6 is 11.8 Å². The van der Waals surface area contributed by atoms with Crippen molar-refractivity contribution < 1.29 is 24.3 Å². The second-order valence-electron chi connectivity index (χ2n) is 4.62. The number of carbonyl (C=O) groups is 4. The van der Waals surface area contributed by atoms with Crippen LogP contribution in [-0.2, 0) is 14.4 Å². The molecule has 2 fully saturated rings. The first-order valence-corrected chi connectivity index (χ1v) is 7.25. The maximum Gasteiger partial charge on any atom is 0.327 e. The summed E-state index contributed by atoms with van der Waals surface area (Å²) in [7, 11) is 1.36. The van der Waals surface area contributed by atoms with Crippen LogP contribution in [0.5, 0.6) is 0 Å². The minimum atomic E-state index is -1.07. The molecular formula is C11H15N3O5S. The first kappa shape index (κ1) is 14.6. The number of thioether (sulfide) groups is 1. The number of urea groups is 1. The third-order valence-corrected chi connectivity index (χ3v) is 4.38. The van der Waals surface area contributed by atoms with Crippen molar-refractivity contribution in [1.29, 1.82) is 0 Å². The van der Waals surface area contributed by atoms with Crippen molar-refractivity contribution in [3.63, 3.8) is 0 Å². The van der Waals surface area contributed by atoms with Crippen LogP contribution in [0.15, 0.2) is 0 Å². The number of imide groups is 1. The average Bonchev–Trinajstić information content (AvgIpc) is 2.66. The normalized spacial score (nSPS) is 26.9. The van der Waals surface area contributed by atoms with E-state index in [2.05, 4.69) is 5.32 Å². The summed E-state index contributed by atoms with van der Waals surface area (Å²) in [6.45, 7) is 0.304. The Kier molecular flexibility index (Phi) is 4.17. The number of carboxylic acid groups (broad SMARTS) is 1. The quantitative estimate of drug-likeness (QED) is 0.631. The van der Waals surface area contributed by atoms with E-state index in [0.29, 0.717) is 18.1 Å². The standard InChI is InChI=1S/C11H15N3O5S/c1-13-8(15)4-6(9(13)16)12-11(19)14-2-3-20-5-7(14)10(17)18/h6-7H,2-5H2,1H3,(H,12,19)(H,17,18). The Morgan fingerprint density at radius 3 is 2.65 bits per heavy atom. The highest BCUT2D eigenvalue weighted by molar-refractivity contribution is 7.99. The highest BCUT2D eigenvalue weighted by Gasteiger charge is 2.39. The van der Waals surface area contributed by atoms with E-state index in [0.717, 1.165) is 4.90 Å². The van der Waals surface area contributed by atoms with Gasteiger partial charge in [-0.3, -0.25) is 14.5 Å². The first-order chi connectivity index (χ1) is 9.41. The number of likely N-dealkylation sites (N-methyl/N-ethyl adjacent to an activating group) is 1. The molecule has 2 heterocycles. The van der Waals surface area contributed by atoms with E-state index in [1.54, 1.807) is 0 Å². The van der Waals surface area contributed by atoms with Crippen molar-refractivity contribution in [2.75, 3.05) is 25.1 Å². The molecule has 20 heavy (non-hydrogen) atoms. The molecule has 2 aliphatic rings. The molecule has 0 saturated carbocycles. The molecule has 2 atom stereocenters. The number of carboxylic acids is 1. The molecule has 0 aromatic heterocycles. The number of aliphatic carboxylic acids is 1. The van der Waals surface area contributed by atoms with E-state index in [1.165, 1.54) is 23.7 Å². The molecule has 0 aromatic rings. The Morgan fingerprint density at radius 2 is 2.10 bits per heavy atom. The van der Waals surface area contributed by atoms with Gasteiger partial charge in [-0.05, 0) is 0 Å². The van der Waals surface area contributed by atoms with E-state index in [1.807, 2.05) is 0 Å². The van der Waals surface area contributed by atoms with Crippen LogP contribution in [0.3, 0.4) is 0 Å². The lowest BCUT2D eigenvalue weighted by molar-refractivity contribution is -0.141. The molecule has 0 bridgehead atoms. The molecule has 2 rings (SSSR count). The second kappa shape index (κ2) is 5.70. The van der Waals surface area contributed by atoms with Crippen molar-refractivity contribution >= 4 is 35.6 Å². The molecule has 9 heteroatoms. The maximum atomic E-state index is 12.1. The number of rotatable bonds is 2. The van der Waals surface area contributed by atoms with Gasteiger partial charge in [0.2, 0.25) is 5.91 Å². The fraction of sp³-hybridized carbons (Fsp3) is 0.636. The number of amides is 4. The zero-order chi connectivity index (χ0) is 14.9. The summed E-state index contributed by atoms with van der Waals surface area (Å²) in [6, 6.07) is -2.41. The molecular weight excluding hydrogens is 286 g/mol. The summed E-state index contributed by atoms with van der Waals surface area (Å²) in [5.41, 5.74) is 0. The maximum absolute atomic E-state index is 12.1. The number of hydrogen-bond acceptors (Lipinski definition) is 5. The van der Waals surface area contributed by atoms with E-state index in [-0.39, 0.29) is 12.3 Å². The molecule has 0 spiro atoms. The van der Waals surface area contributed by atoms with Crippen LogP contribution in [0, 0.1) is 0 Å². The fourth-order valence-corrected chi connectivity index (χ4v) is 3.19. The molecule has 2 saturated heterocycles. The summed E-state index contributed by atoms with van der Waals surface area (Å²) in [6.07, 6.45) is -0.0819. The van der Waals surface area contributed by atoms with Gasteiger partial charge in [0.1, 0.15) is 12.1 Å². The molecule has 0 radical (unpaired) electrons. The summed E-state index contributed by atoms with van der Waals surface area (Å²) < 4.78 is 0. The first-order valence-electron chi connectivity index (χ1n) is 6.10. The molecule has 2 aliphatic heterocycles. The molecule has 110 valence electrons. The zero-order valence-corrected chi connectivity index (χ0v) is 11.7. The van der Waals surface area contributed by atoms with Crippen LogP contribution in [0.2, 0.25) is 0 Å². The van der Waals surface area contributed by atoms with E-state index < -0.39 is 30.0 Å². The summed E-state index contributed by atoms with van der Waals surface area (Å²) in [5, 5.41) is 11.5. The van der Waals surface area contributed by atoms with Gasteiger partial charge in [-0.25, -0.2) is 9.59 Å². The highest BCUT2D eigenvalue weighted by Crippen LogP contribution is 2.18. The average molecular weight is 301 g/mol. The molecule has 2 unspecified atom stereocenters. The number of carbonyl (C=O) groups excluding carboxylic acids is 3. The van der Waals surface area contributed by atoms with E-state index in [9.17, 15) is 19.2 Å². The minimum Gasteiger partial charge on any atom is -0.480 e. The topological polar surface area (TPSA) is 107 Å². The second-order valence-corrected chi connectivity index (χ2v) is 5.77. The number of nitrogens with one attached hydrogen (secondary N) is 1. The molecule has 0 aliphatic carbocycles. The number of hydrogen-bond donors (Lipinski definition) is 2. The number of likely N-dealkylation sites (tertiary alicyclic amines) is 1. The predicted molar refractivity (Wildman–Crippen MR) is 70.2 cm³/mol. The van der Waals surface area contributed by atoms with Gasteiger partial charge in [-0.15, -0.1) is 0 Å². The lowest BCUT2D eigenvalue weighted by Gasteiger charge is -2.33. The van der Waals surface area contributed by atoms with Gasteiger partial charge in [0, 0.05) is 25.1 Å². The Morgan fingerprint density at radius 1 is 1.40 bits per heavy atom. The van der Waals surface area contributed by atoms with Crippen molar-refractivity contribution in [3.05, 3.63) is 0 Å². The van der Waals surface area contributed by atoms with E-state index >= 15 is 0 Å². The van der Waals surface area contributed by atoms with Crippen LogP contribution in [0.1, 0.15) is 6.42 Å². The van der Waals surface area contributed by atoms with Crippen LogP contribution in [-0.4, -0.2) is 75.9 Å². The molecule has 0 aromatic carbocycles. The van der Waals surface area contributed by atoms with Gasteiger partial charge in [-0.2, -0.15) is 11.8 Å². The van der Waals surface area contributed by atoms with Crippen LogP contribution in [0.4, 0.5) is 4.79 Å². The van der Waals surface area contributed by atoms with Crippen molar-refractivity contribution in [2.45, 2.75) is 18.5 Å². The highest BCUT2D eigenvalue weighted by atomic mass is 32.2. The van der Waals surface area contributed by atoms with Crippen LogP contribution in [0.25, 0.3) is 0 Å². The van der Waals surface area contributed by atoms with Crippen LogP contribution < -0.4 is 5.32 Å². The lowest BCUT2D eigenvalue weighted by Crippen LogP contribution is -2.56. The van der Waals surface area contributed by atoms with Gasteiger partial charge in [0.25, 0.3) is 5.91 Å². The molecule has 2 N–H and O–H groups in total. The monoisotopic (exact) mass is 301 g/mol. The van der Waals surface area contributed by atoms with Gasteiger partial charge in [0.05, 0.1) is 6.42 Å². The SMILES string of the molecule is CN1C(=O)CC(NC(=O)N2CCSCC2C(=O)O)C1=O. The molecule has 8 nitrogen and oxygen atoms in total. The van der Waals surface area contributed by atoms with Gasteiger partial charge >= 0.3 is 12.0 Å². The summed E-state index contributed by atoms with van der Waals surface area (Å²) >= 11 is 1.46. The molecule has 4 amide bonds.